The van der Waals surface area contributed by atoms with Crippen LogP contribution in [0.1, 0.15) is 56.8 Å². The molecule has 18 heavy (non-hydrogen) atoms. The van der Waals surface area contributed by atoms with Gasteiger partial charge in [-0.05, 0) is 31.9 Å². The van der Waals surface area contributed by atoms with E-state index in [0.29, 0.717) is 5.56 Å². The second kappa shape index (κ2) is 7.17. The first kappa shape index (κ1) is 14.7. The van der Waals surface area contributed by atoms with Crippen LogP contribution in [0, 0.1) is 0 Å². The standard InChI is InChI=1S/C15H22O3/c1-4-6-12-15(3,5-2)18-17-14(16)13-10-8-7-9-11-13/h7-11H,4-6,12H2,1-3H3. The third-order valence-corrected chi connectivity index (χ3v) is 3.14. The minimum Gasteiger partial charge on any atom is -0.292 e. The largest absolute Gasteiger partial charge is 0.373 e. The molecule has 0 aliphatic rings. The molecule has 0 saturated carbocycles. The fourth-order valence-corrected chi connectivity index (χ4v) is 1.59. The molecule has 1 atom stereocenters. The number of unbranched alkanes of at least 4 members (excludes halogenated alkanes) is 1. The van der Waals surface area contributed by atoms with E-state index in [1.165, 1.54) is 0 Å². The Bertz CT molecular complexity index is 361. The molecule has 0 saturated heterocycles. The zero-order valence-corrected chi connectivity index (χ0v) is 11.4. The number of rotatable bonds is 7. The molecule has 1 aromatic carbocycles. The number of carbonyl (C=O) groups is 1. The molecular formula is C15H22O3. The van der Waals surface area contributed by atoms with Crippen molar-refractivity contribution in [1.82, 2.24) is 0 Å². The second-order valence-electron chi connectivity index (χ2n) is 4.73. The molecule has 3 heteroatoms. The molecule has 0 N–H and O–H groups in total. The van der Waals surface area contributed by atoms with Crippen LogP contribution in [0.4, 0.5) is 0 Å². The monoisotopic (exact) mass is 250 g/mol. The Kier molecular flexibility index (Phi) is 5.86. The number of hydrogen-bond acceptors (Lipinski definition) is 3. The summed E-state index contributed by atoms with van der Waals surface area (Å²) in [6.45, 7) is 6.14. The first-order chi connectivity index (χ1) is 8.61. The molecule has 0 heterocycles. The van der Waals surface area contributed by atoms with Crippen LogP contribution >= 0.6 is 0 Å². The van der Waals surface area contributed by atoms with Crippen molar-refractivity contribution in [2.75, 3.05) is 0 Å². The summed E-state index contributed by atoms with van der Waals surface area (Å²) in [4.78, 5) is 22.0. The summed E-state index contributed by atoms with van der Waals surface area (Å²) in [6.07, 6.45) is 3.87. The van der Waals surface area contributed by atoms with E-state index in [9.17, 15) is 4.79 Å². The van der Waals surface area contributed by atoms with Crippen molar-refractivity contribution in [2.24, 2.45) is 0 Å². The van der Waals surface area contributed by atoms with Gasteiger partial charge in [0, 0.05) is 0 Å². The summed E-state index contributed by atoms with van der Waals surface area (Å²) in [6, 6.07) is 8.87. The lowest BCUT2D eigenvalue weighted by Gasteiger charge is -2.25. The van der Waals surface area contributed by atoms with Gasteiger partial charge in [0.05, 0.1) is 5.56 Å². The molecular weight excluding hydrogens is 228 g/mol. The van der Waals surface area contributed by atoms with Gasteiger partial charge in [0.2, 0.25) is 0 Å². The van der Waals surface area contributed by atoms with E-state index in [4.69, 9.17) is 9.78 Å². The smallest absolute Gasteiger partial charge is 0.292 e. The summed E-state index contributed by atoms with van der Waals surface area (Å²) < 4.78 is 0. The number of carbonyl (C=O) groups excluding carboxylic acids is 1. The molecule has 0 amide bonds. The summed E-state index contributed by atoms with van der Waals surface area (Å²) in [5.41, 5.74) is 0.118. The fraction of sp³-hybridized carbons (Fsp3) is 0.533. The molecule has 1 unspecified atom stereocenters. The first-order valence-corrected chi connectivity index (χ1v) is 6.56. The van der Waals surface area contributed by atoms with E-state index >= 15 is 0 Å². The molecule has 1 aromatic rings. The lowest BCUT2D eigenvalue weighted by atomic mass is 9.96. The zero-order valence-electron chi connectivity index (χ0n) is 11.4. The van der Waals surface area contributed by atoms with Crippen molar-refractivity contribution in [3.05, 3.63) is 35.9 Å². The van der Waals surface area contributed by atoms with Crippen molar-refractivity contribution >= 4 is 5.97 Å². The van der Waals surface area contributed by atoms with Gasteiger partial charge in [-0.3, -0.25) is 4.89 Å². The lowest BCUT2D eigenvalue weighted by molar-refractivity contribution is -0.314. The van der Waals surface area contributed by atoms with Crippen molar-refractivity contribution in [1.29, 1.82) is 0 Å². The van der Waals surface area contributed by atoms with Crippen LogP contribution in [-0.4, -0.2) is 11.6 Å². The van der Waals surface area contributed by atoms with Gasteiger partial charge >= 0.3 is 5.97 Å². The lowest BCUT2D eigenvalue weighted by Crippen LogP contribution is -2.29. The van der Waals surface area contributed by atoms with Crippen LogP contribution in [0.15, 0.2) is 30.3 Å². The molecule has 0 fully saturated rings. The molecule has 0 bridgehead atoms. The summed E-state index contributed by atoms with van der Waals surface area (Å²) in [5.74, 6) is -0.438. The van der Waals surface area contributed by atoms with E-state index in [0.717, 1.165) is 25.7 Å². The van der Waals surface area contributed by atoms with E-state index in [1.54, 1.807) is 24.3 Å². The average Bonchev–Trinajstić information content (AvgIpc) is 2.43. The maximum Gasteiger partial charge on any atom is 0.373 e. The van der Waals surface area contributed by atoms with E-state index in [-0.39, 0.29) is 5.60 Å². The Labute approximate surface area is 109 Å². The third kappa shape index (κ3) is 4.49. The molecule has 3 nitrogen and oxygen atoms in total. The number of hydrogen-bond donors (Lipinski definition) is 0. The van der Waals surface area contributed by atoms with Crippen LogP contribution in [0.5, 0.6) is 0 Å². The van der Waals surface area contributed by atoms with Crippen LogP contribution in [0.25, 0.3) is 0 Å². The third-order valence-electron chi connectivity index (χ3n) is 3.14. The predicted octanol–water partition coefficient (Wildman–Crippen LogP) is 4.13. The van der Waals surface area contributed by atoms with Gasteiger partial charge in [0.1, 0.15) is 5.60 Å². The van der Waals surface area contributed by atoms with Crippen molar-refractivity contribution in [3.63, 3.8) is 0 Å². The molecule has 0 aromatic heterocycles. The van der Waals surface area contributed by atoms with Crippen molar-refractivity contribution in [2.45, 2.75) is 52.1 Å². The fourth-order valence-electron chi connectivity index (χ4n) is 1.59. The van der Waals surface area contributed by atoms with Crippen molar-refractivity contribution in [3.8, 4) is 0 Å². The maximum atomic E-state index is 11.7. The molecule has 0 aliphatic carbocycles. The van der Waals surface area contributed by atoms with Gasteiger partial charge in [0.15, 0.2) is 0 Å². The van der Waals surface area contributed by atoms with Gasteiger partial charge < -0.3 is 0 Å². The Morgan fingerprint density at radius 2 is 1.89 bits per heavy atom. The quantitative estimate of drug-likeness (QED) is 0.539. The van der Waals surface area contributed by atoms with E-state index in [2.05, 4.69) is 6.92 Å². The zero-order chi connectivity index (χ0) is 13.4. The molecule has 0 radical (unpaired) electrons. The van der Waals surface area contributed by atoms with Crippen molar-refractivity contribution < 1.29 is 14.6 Å². The van der Waals surface area contributed by atoms with E-state index in [1.807, 2.05) is 19.9 Å². The highest BCUT2D eigenvalue weighted by Crippen LogP contribution is 2.23. The Morgan fingerprint density at radius 3 is 2.44 bits per heavy atom. The molecule has 100 valence electrons. The van der Waals surface area contributed by atoms with Gasteiger partial charge in [0.25, 0.3) is 0 Å². The minimum absolute atomic E-state index is 0.388. The predicted molar refractivity (Wildman–Crippen MR) is 71.2 cm³/mol. The Balaban J connectivity index is 2.50. The van der Waals surface area contributed by atoms with Gasteiger partial charge in [-0.2, -0.15) is 4.89 Å². The van der Waals surface area contributed by atoms with Gasteiger partial charge in [-0.25, -0.2) is 4.79 Å². The van der Waals surface area contributed by atoms with Crippen LogP contribution in [0.2, 0.25) is 0 Å². The van der Waals surface area contributed by atoms with Crippen LogP contribution in [-0.2, 0) is 9.78 Å². The summed E-state index contributed by atoms with van der Waals surface area (Å²) >= 11 is 0. The first-order valence-electron chi connectivity index (χ1n) is 6.56. The SMILES string of the molecule is CCCCC(C)(CC)OOC(=O)c1ccccc1. The Hall–Kier alpha value is -1.35. The van der Waals surface area contributed by atoms with E-state index < -0.39 is 5.97 Å². The molecule has 1 rings (SSSR count). The molecule has 0 aliphatic heterocycles. The normalized spacial score (nSPS) is 13.9. The second-order valence-corrected chi connectivity index (χ2v) is 4.73. The Morgan fingerprint density at radius 1 is 1.22 bits per heavy atom. The highest BCUT2D eigenvalue weighted by atomic mass is 17.2. The summed E-state index contributed by atoms with van der Waals surface area (Å²) in [7, 11) is 0. The minimum atomic E-state index is -0.438. The van der Waals surface area contributed by atoms with Crippen LogP contribution in [0.3, 0.4) is 0 Å². The average molecular weight is 250 g/mol. The van der Waals surface area contributed by atoms with Gasteiger partial charge in [-0.15, -0.1) is 0 Å². The molecule has 0 spiro atoms. The topological polar surface area (TPSA) is 35.5 Å². The van der Waals surface area contributed by atoms with Gasteiger partial charge in [-0.1, -0.05) is 44.9 Å². The highest BCUT2D eigenvalue weighted by molar-refractivity contribution is 5.88. The number of benzene rings is 1. The summed E-state index contributed by atoms with van der Waals surface area (Å²) in [5, 5.41) is 0. The highest BCUT2D eigenvalue weighted by Gasteiger charge is 2.25. The maximum absolute atomic E-state index is 11.7. The van der Waals surface area contributed by atoms with Crippen LogP contribution < -0.4 is 0 Å².